The minimum Gasteiger partial charge on any atom is -0.389 e. The fourth-order valence-electron chi connectivity index (χ4n) is 1.61. The quantitative estimate of drug-likeness (QED) is 0.827. The highest BCUT2D eigenvalue weighted by Gasteiger charge is 2.18. The van der Waals surface area contributed by atoms with Crippen LogP contribution in [-0.4, -0.2) is 23.0 Å². The van der Waals surface area contributed by atoms with Gasteiger partial charge in [-0.3, -0.25) is 4.72 Å². The summed E-state index contributed by atoms with van der Waals surface area (Å²) in [6, 6.07) is 5.11. The van der Waals surface area contributed by atoms with Crippen LogP contribution in [0.25, 0.3) is 0 Å². The van der Waals surface area contributed by atoms with Gasteiger partial charge in [-0.25, -0.2) is 4.98 Å². The van der Waals surface area contributed by atoms with Crippen molar-refractivity contribution in [2.24, 2.45) is 12.8 Å². The smallest absolute Gasteiger partial charge is 0.280 e. The molecule has 0 atom stereocenters. The highest BCUT2D eigenvalue weighted by Crippen LogP contribution is 2.20. The van der Waals surface area contributed by atoms with Gasteiger partial charge in [-0.2, -0.15) is 8.42 Å². The number of imidazole rings is 1. The van der Waals surface area contributed by atoms with Gasteiger partial charge in [0.05, 0.1) is 12.0 Å². The number of rotatable bonds is 4. The van der Waals surface area contributed by atoms with Gasteiger partial charge in [-0.1, -0.05) is 24.4 Å². The van der Waals surface area contributed by atoms with Crippen molar-refractivity contribution in [3.63, 3.8) is 0 Å². The summed E-state index contributed by atoms with van der Waals surface area (Å²) >= 11 is 4.89. The molecular weight excluding hydrogens is 296 g/mol. The highest BCUT2D eigenvalue weighted by atomic mass is 32.2. The molecule has 0 saturated carbocycles. The van der Waals surface area contributed by atoms with Gasteiger partial charge in [0.15, 0.2) is 5.03 Å². The Morgan fingerprint density at radius 2 is 2.15 bits per heavy atom. The lowest BCUT2D eigenvalue weighted by molar-refractivity contribution is 0.598. The van der Waals surface area contributed by atoms with Crippen LogP contribution in [0, 0.1) is 6.92 Å². The van der Waals surface area contributed by atoms with Crippen LogP contribution in [0.4, 0.5) is 5.69 Å². The molecule has 2 rings (SSSR count). The summed E-state index contributed by atoms with van der Waals surface area (Å²) < 4.78 is 28.4. The maximum atomic E-state index is 12.2. The van der Waals surface area contributed by atoms with Crippen molar-refractivity contribution >= 4 is 32.9 Å². The number of aryl methyl sites for hydroxylation is 2. The van der Waals surface area contributed by atoms with Gasteiger partial charge in [0.25, 0.3) is 10.0 Å². The van der Waals surface area contributed by atoms with E-state index in [-0.39, 0.29) is 10.0 Å². The normalized spacial score (nSPS) is 11.3. The molecule has 0 aliphatic heterocycles. The molecule has 3 N–H and O–H groups in total. The second-order valence-electron chi connectivity index (χ2n) is 4.38. The molecule has 106 valence electrons. The van der Waals surface area contributed by atoms with Crippen LogP contribution in [0.2, 0.25) is 0 Å². The van der Waals surface area contributed by atoms with Crippen LogP contribution < -0.4 is 10.5 Å². The molecule has 0 unspecified atom stereocenters. The maximum Gasteiger partial charge on any atom is 0.280 e. The highest BCUT2D eigenvalue weighted by molar-refractivity contribution is 7.92. The van der Waals surface area contributed by atoms with E-state index in [1.807, 2.05) is 0 Å². The molecule has 0 aliphatic carbocycles. The summed E-state index contributed by atoms with van der Waals surface area (Å²) in [5, 5.41) is -0.0415. The zero-order chi connectivity index (χ0) is 14.9. The van der Waals surface area contributed by atoms with E-state index < -0.39 is 10.0 Å². The summed E-state index contributed by atoms with van der Waals surface area (Å²) in [4.78, 5) is 4.04. The molecule has 6 nitrogen and oxygen atoms in total. The summed E-state index contributed by atoms with van der Waals surface area (Å²) in [5.74, 6) is 0. The molecule has 2 aromatic rings. The fraction of sp³-hybridized carbons (Fsp3) is 0.167. The molecule has 0 saturated heterocycles. The lowest BCUT2D eigenvalue weighted by Crippen LogP contribution is -2.16. The van der Waals surface area contributed by atoms with Crippen LogP contribution in [-0.2, 0) is 17.1 Å². The third-order valence-corrected chi connectivity index (χ3v) is 4.21. The second kappa shape index (κ2) is 5.22. The third kappa shape index (κ3) is 2.97. The van der Waals surface area contributed by atoms with Crippen molar-refractivity contribution in [1.29, 1.82) is 0 Å². The van der Waals surface area contributed by atoms with Crippen LogP contribution in [0.5, 0.6) is 0 Å². The Labute approximate surface area is 122 Å². The number of nitrogens with one attached hydrogen (secondary N) is 1. The number of aromatic nitrogens is 2. The predicted molar refractivity (Wildman–Crippen MR) is 81.1 cm³/mol. The first-order valence-electron chi connectivity index (χ1n) is 5.71. The minimum absolute atomic E-state index is 0.0415. The van der Waals surface area contributed by atoms with Crippen molar-refractivity contribution in [1.82, 2.24) is 9.55 Å². The average Bonchev–Trinajstić information content (AvgIpc) is 2.79. The van der Waals surface area contributed by atoms with Crippen molar-refractivity contribution in [2.45, 2.75) is 11.9 Å². The molecule has 1 aromatic carbocycles. The first kappa shape index (κ1) is 14.5. The van der Waals surface area contributed by atoms with Gasteiger partial charge in [0.2, 0.25) is 0 Å². The molecule has 8 heteroatoms. The SMILES string of the molecule is Cc1ccc(C(N)=S)cc1NS(=O)(=O)c1cn(C)cn1. The lowest BCUT2D eigenvalue weighted by atomic mass is 10.1. The second-order valence-corrected chi connectivity index (χ2v) is 6.45. The van der Waals surface area contributed by atoms with E-state index in [2.05, 4.69) is 9.71 Å². The molecule has 0 bridgehead atoms. The standard InChI is InChI=1S/C12H14N4O2S2/c1-8-3-4-9(12(13)19)5-10(8)15-20(17,18)11-6-16(2)7-14-11/h3-7,15H,1-2H3,(H2,13,19). The molecule has 1 aromatic heterocycles. The number of nitrogens with two attached hydrogens (primary N) is 1. The first-order chi connectivity index (χ1) is 9.29. The van der Waals surface area contributed by atoms with Crippen LogP contribution >= 0.6 is 12.2 Å². The Balaban J connectivity index is 2.39. The number of anilines is 1. The van der Waals surface area contributed by atoms with E-state index >= 15 is 0 Å². The number of sulfonamides is 1. The molecule has 0 radical (unpaired) electrons. The van der Waals surface area contributed by atoms with E-state index in [1.165, 1.54) is 12.5 Å². The van der Waals surface area contributed by atoms with E-state index in [0.717, 1.165) is 5.56 Å². The van der Waals surface area contributed by atoms with Gasteiger partial charge < -0.3 is 10.3 Å². The first-order valence-corrected chi connectivity index (χ1v) is 7.60. The number of nitrogens with zero attached hydrogens (tertiary/aromatic N) is 2. The van der Waals surface area contributed by atoms with Gasteiger partial charge in [-0.05, 0) is 18.6 Å². The monoisotopic (exact) mass is 310 g/mol. The Morgan fingerprint density at radius 1 is 1.45 bits per heavy atom. The zero-order valence-electron chi connectivity index (χ0n) is 11.0. The van der Waals surface area contributed by atoms with Crippen LogP contribution in [0.1, 0.15) is 11.1 Å². The summed E-state index contributed by atoms with van der Waals surface area (Å²) in [6.07, 6.45) is 2.85. The van der Waals surface area contributed by atoms with Gasteiger partial charge in [-0.15, -0.1) is 0 Å². The van der Waals surface area contributed by atoms with E-state index in [1.54, 1.807) is 36.7 Å². The van der Waals surface area contributed by atoms with Crippen LogP contribution in [0.3, 0.4) is 0 Å². The summed E-state index contributed by atoms with van der Waals surface area (Å²) in [5.41, 5.74) is 7.35. The largest absolute Gasteiger partial charge is 0.389 e. The summed E-state index contributed by atoms with van der Waals surface area (Å²) in [6.45, 7) is 1.79. The van der Waals surface area contributed by atoms with Crippen LogP contribution in [0.15, 0.2) is 35.7 Å². The maximum absolute atomic E-state index is 12.2. The van der Waals surface area contributed by atoms with Crippen molar-refractivity contribution < 1.29 is 8.42 Å². The average molecular weight is 310 g/mol. The van der Waals surface area contributed by atoms with Gasteiger partial charge in [0.1, 0.15) is 4.99 Å². The van der Waals surface area contributed by atoms with Crippen molar-refractivity contribution in [3.8, 4) is 0 Å². The van der Waals surface area contributed by atoms with Gasteiger partial charge >= 0.3 is 0 Å². The topological polar surface area (TPSA) is 90.0 Å². The molecule has 1 heterocycles. The van der Waals surface area contributed by atoms with Crippen molar-refractivity contribution in [3.05, 3.63) is 41.9 Å². The Kier molecular flexibility index (Phi) is 3.78. The Hall–Kier alpha value is -1.93. The lowest BCUT2D eigenvalue weighted by Gasteiger charge is -2.10. The number of benzene rings is 1. The third-order valence-electron chi connectivity index (χ3n) is 2.72. The fourth-order valence-corrected chi connectivity index (χ4v) is 2.84. The molecule has 20 heavy (non-hydrogen) atoms. The number of hydrogen-bond acceptors (Lipinski definition) is 4. The summed E-state index contributed by atoms with van der Waals surface area (Å²) in [7, 11) is -2.02. The molecule has 0 spiro atoms. The van der Waals surface area contributed by atoms with Crippen molar-refractivity contribution in [2.75, 3.05) is 4.72 Å². The van der Waals surface area contributed by atoms with E-state index in [4.69, 9.17) is 18.0 Å². The minimum atomic E-state index is -3.72. The predicted octanol–water partition coefficient (Wildman–Crippen LogP) is 1.16. The number of hydrogen-bond donors (Lipinski definition) is 2. The Bertz CT molecular complexity index is 766. The van der Waals surface area contributed by atoms with E-state index in [9.17, 15) is 8.42 Å². The molecule has 0 aliphatic rings. The van der Waals surface area contributed by atoms with Gasteiger partial charge in [0, 0.05) is 18.8 Å². The van der Waals surface area contributed by atoms with E-state index in [0.29, 0.717) is 11.3 Å². The molecular formula is C12H14N4O2S2. The number of thiocarbonyl (C=S) groups is 1. The Morgan fingerprint density at radius 3 is 2.70 bits per heavy atom. The molecule has 0 fully saturated rings. The zero-order valence-corrected chi connectivity index (χ0v) is 12.6. The molecule has 0 amide bonds.